The number of aryl methyl sites for hydroxylation is 2. The number of piperidine rings is 1. The predicted molar refractivity (Wildman–Crippen MR) is 147 cm³/mol. The molecule has 2 fully saturated rings. The van der Waals surface area contributed by atoms with Crippen LogP contribution in [0.3, 0.4) is 0 Å². The predicted octanol–water partition coefficient (Wildman–Crippen LogP) is 5.32. The van der Waals surface area contributed by atoms with E-state index in [1.807, 2.05) is 13.8 Å². The summed E-state index contributed by atoms with van der Waals surface area (Å²) in [6, 6.07) is 1.64. The third kappa shape index (κ3) is 4.87. The molecule has 2 aliphatic rings. The van der Waals surface area contributed by atoms with E-state index >= 15 is 0 Å². The smallest absolute Gasteiger partial charge is 0.276 e. The molecule has 4 aromatic rings. The molecule has 42 heavy (non-hydrogen) atoms. The second-order valence-electron chi connectivity index (χ2n) is 10.4. The van der Waals surface area contributed by atoms with E-state index in [1.165, 1.54) is 13.1 Å². The number of carbonyl (C=O) groups excluding carboxylic acids is 2. The number of rotatable bonds is 7. The Morgan fingerprint density at radius 2 is 1.90 bits per heavy atom. The molecular formula is C28H24ClF3N8O2. The number of carbonyl (C=O) groups is 2. The van der Waals surface area contributed by atoms with Crippen molar-refractivity contribution in [3.63, 3.8) is 0 Å². The maximum Gasteiger partial charge on any atom is 0.276 e. The van der Waals surface area contributed by atoms with E-state index in [9.17, 15) is 22.8 Å². The molecule has 3 atom stereocenters. The Hall–Kier alpha value is -4.39. The van der Waals surface area contributed by atoms with Crippen LogP contribution in [-0.2, 0) is 4.79 Å². The van der Waals surface area contributed by atoms with Gasteiger partial charge in [0, 0.05) is 29.8 Å². The van der Waals surface area contributed by atoms with Crippen LogP contribution in [0, 0.1) is 31.5 Å². The highest BCUT2D eigenvalue weighted by molar-refractivity contribution is 6.31. The van der Waals surface area contributed by atoms with Gasteiger partial charge in [0.1, 0.15) is 11.7 Å². The van der Waals surface area contributed by atoms with Gasteiger partial charge in [-0.1, -0.05) is 17.7 Å². The number of benzene rings is 1. The van der Waals surface area contributed by atoms with Gasteiger partial charge in [-0.25, -0.2) is 28.1 Å². The van der Waals surface area contributed by atoms with Crippen molar-refractivity contribution in [2.24, 2.45) is 11.8 Å². The van der Waals surface area contributed by atoms with Gasteiger partial charge in [0.15, 0.2) is 11.6 Å². The van der Waals surface area contributed by atoms with Crippen LogP contribution in [-0.4, -0.2) is 48.1 Å². The van der Waals surface area contributed by atoms with Crippen LogP contribution in [0.5, 0.6) is 0 Å². The lowest BCUT2D eigenvalue weighted by atomic mass is 10.0. The number of hydrogen-bond donors (Lipinski definition) is 1. The van der Waals surface area contributed by atoms with E-state index in [2.05, 4.69) is 30.4 Å². The first-order chi connectivity index (χ1) is 20.0. The van der Waals surface area contributed by atoms with Gasteiger partial charge < -0.3 is 10.2 Å². The van der Waals surface area contributed by atoms with E-state index in [4.69, 9.17) is 11.6 Å². The largest absolute Gasteiger partial charge is 0.318 e. The molecule has 2 amide bonds. The van der Waals surface area contributed by atoms with Crippen LogP contribution in [0.25, 0.3) is 11.3 Å². The van der Waals surface area contributed by atoms with Gasteiger partial charge in [-0.05, 0) is 39.2 Å². The number of anilines is 2. The van der Waals surface area contributed by atoms with Crippen LogP contribution < -0.4 is 10.2 Å². The van der Waals surface area contributed by atoms with Crippen molar-refractivity contribution in [2.45, 2.75) is 39.7 Å². The number of alkyl halides is 2. The molecule has 14 heteroatoms. The monoisotopic (exact) mass is 596 g/mol. The van der Waals surface area contributed by atoms with E-state index in [-0.39, 0.29) is 33.9 Å². The van der Waals surface area contributed by atoms with E-state index in [1.54, 1.807) is 22.0 Å². The van der Waals surface area contributed by atoms with Gasteiger partial charge in [0.2, 0.25) is 5.91 Å². The molecule has 1 aliphatic carbocycles. The molecule has 3 aromatic heterocycles. The SMILES string of the molecule is Cc1nc([C@@H](C)n2cc(NC(=O)c3nc(-c4c(C(F)F)ccc(Cl)c4F)cnc3C)cn2)ncc1N1C[C@H]2C[C@H]2C1=O. The normalized spacial score (nSPS) is 18.4. The fourth-order valence-corrected chi connectivity index (χ4v) is 5.31. The third-order valence-corrected chi connectivity index (χ3v) is 7.90. The number of amides is 2. The number of aromatic nitrogens is 6. The third-order valence-electron chi connectivity index (χ3n) is 7.60. The fourth-order valence-electron chi connectivity index (χ4n) is 5.15. The van der Waals surface area contributed by atoms with Crippen molar-refractivity contribution in [3.05, 3.63) is 76.2 Å². The number of nitrogens with zero attached hydrogens (tertiary/aromatic N) is 7. The number of hydrogen-bond acceptors (Lipinski definition) is 7. The van der Waals surface area contributed by atoms with E-state index in [0.29, 0.717) is 35.4 Å². The summed E-state index contributed by atoms with van der Waals surface area (Å²) < 4.78 is 43.6. The summed E-state index contributed by atoms with van der Waals surface area (Å²) in [4.78, 5) is 44.7. The van der Waals surface area contributed by atoms with Crippen LogP contribution in [0.15, 0.2) is 36.9 Å². The van der Waals surface area contributed by atoms with E-state index < -0.39 is 35.3 Å². The fraction of sp³-hybridized carbons (Fsp3) is 0.321. The first-order valence-corrected chi connectivity index (χ1v) is 13.5. The highest BCUT2D eigenvalue weighted by Gasteiger charge is 2.52. The van der Waals surface area contributed by atoms with Crippen molar-refractivity contribution in [1.82, 2.24) is 29.7 Å². The molecule has 0 radical (unpaired) electrons. The Bertz CT molecular complexity index is 1750. The molecule has 0 unspecified atom stereocenters. The van der Waals surface area contributed by atoms with Crippen LogP contribution in [0.1, 0.15) is 59.1 Å². The maximum atomic E-state index is 14.8. The summed E-state index contributed by atoms with van der Waals surface area (Å²) in [5, 5.41) is 6.61. The van der Waals surface area contributed by atoms with Gasteiger partial charge >= 0.3 is 0 Å². The lowest BCUT2D eigenvalue weighted by molar-refractivity contribution is -0.118. The molecule has 0 spiro atoms. The van der Waals surface area contributed by atoms with Gasteiger partial charge in [0.05, 0.1) is 52.1 Å². The number of halogens is 4. The molecule has 10 nitrogen and oxygen atoms in total. The zero-order valence-corrected chi connectivity index (χ0v) is 23.4. The Morgan fingerprint density at radius 3 is 2.60 bits per heavy atom. The molecule has 0 bridgehead atoms. The van der Waals surface area contributed by atoms with Gasteiger partial charge in [-0.15, -0.1) is 0 Å². The molecule has 1 aliphatic heterocycles. The van der Waals surface area contributed by atoms with E-state index in [0.717, 1.165) is 24.8 Å². The maximum absolute atomic E-state index is 14.8. The highest BCUT2D eigenvalue weighted by atomic mass is 35.5. The zero-order valence-electron chi connectivity index (χ0n) is 22.6. The second-order valence-corrected chi connectivity index (χ2v) is 10.8. The first kappa shape index (κ1) is 27.8. The molecule has 1 saturated heterocycles. The summed E-state index contributed by atoms with van der Waals surface area (Å²) in [6.45, 7) is 5.87. The number of nitrogens with one attached hydrogen (secondary N) is 1. The molecular weight excluding hydrogens is 573 g/mol. The summed E-state index contributed by atoms with van der Waals surface area (Å²) in [5.74, 6) is -0.618. The van der Waals surface area contributed by atoms with Crippen molar-refractivity contribution < 1.29 is 22.8 Å². The topological polar surface area (TPSA) is 119 Å². The van der Waals surface area contributed by atoms with Crippen molar-refractivity contribution in [3.8, 4) is 11.3 Å². The van der Waals surface area contributed by atoms with Crippen LogP contribution in [0.4, 0.5) is 24.5 Å². The molecule has 6 rings (SSSR count). The first-order valence-electron chi connectivity index (χ1n) is 13.1. The standard InChI is InChI=1S/C28H24ClF3N8O2/c1-12-21(39-10-15-6-18(15)28(39)42)9-34-26(36-12)14(3)40-11-16(7-35-40)37-27(41)24-13(2)33-8-20(38-24)22-17(25(31)32)4-5-19(29)23(22)30/h4-5,7-9,11,14-15,18,25H,6,10H2,1-3H3,(H,37,41)/t14-,15-,18-/m1/s1. The quantitative estimate of drug-likeness (QED) is 0.307. The summed E-state index contributed by atoms with van der Waals surface area (Å²) in [5.41, 5.74) is 0.326. The molecule has 1 N–H and O–H groups in total. The van der Waals surface area contributed by atoms with Gasteiger partial charge in [-0.3, -0.25) is 19.3 Å². The average molecular weight is 597 g/mol. The van der Waals surface area contributed by atoms with Gasteiger partial charge in [-0.2, -0.15) is 5.10 Å². The lowest BCUT2D eigenvalue weighted by Crippen LogP contribution is -2.29. The van der Waals surface area contributed by atoms with Crippen LogP contribution in [0.2, 0.25) is 5.02 Å². The van der Waals surface area contributed by atoms with Gasteiger partial charge in [0.25, 0.3) is 12.3 Å². The van der Waals surface area contributed by atoms with Crippen molar-refractivity contribution in [1.29, 1.82) is 0 Å². The minimum absolute atomic E-state index is 0.123. The molecule has 216 valence electrons. The van der Waals surface area contributed by atoms with Crippen molar-refractivity contribution >= 4 is 34.8 Å². The number of fused-ring (bicyclic) bond motifs is 1. The Balaban J connectivity index is 1.20. The lowest BCUT2D eigenvalue weighted by Gasteiger charge is -2.20. The second kappa shape index (κ2) is 10.5. The van der Waals surface area contributed by atoms with Crippen LogP contribution >= 0.6 is 11.6 Å². The summed E-state index contributed by atoms with van der Waals surface area (Å²) >= 11 is 5.83. The summed E-state index contributed by atoms with van der Waals surface area (Å²) in [6.07, 6.45) is 3.72. The Kier molecular flexibility index (Phi) is 6.92. The molecule has 4 heterocycles. The Labute approximate surface area is 243 Å². The minimum atomic E-state index is -3.00. The molecule has 1 saturated carbocycles. The summed E-state index contributed by atoms with van der Waals surface area (Å²) in [7, 11) is 0. The minimum Gasteiger partial charge on any atom is -0.318 e. The zero-order chi connectivity index (χ0) is 29.9. The average Bonchev–Trinajstić information content (AvgIpc) is 3.46. The highest BCUT2D eigenvalue weighted by Crippen LogP contribution is 2.47. The molecule has 1 aromatic carbocycles. The van der Waals surface area contributed by atoms with Crippen molar-refractivity contribution in [2.75, 3.05) is 16.8 Å². The Morgan fingerprint density at radius 1 is 1.12 bits per heavy atom.